The summed E-state index contributed by atoms with van der Waals surface area (Å²) in [6.07, 6.45) is -0.744. The second kappa shape index (κ2) is 7.18. The van der Waals surface area contributed by atoms with E-state index in [2.05, 4.69) is 0 Å². The van der Waals surface area contributed by atoms with Gasteiger partial charge in [0.2, 0.25) is 0 Å². The summed E-state index contributed by atoms with van der Waals surface area (Å²) in [7, 11) is 0. The monoisotopic (exact) mass is 439 g/mol. The Balaban J connectivity index is 1.99. The standard InChI is InChI=1S/C17H14INO5/c18-13-8-12(6-7-14(13)21)15-17(22)23-9-19(15)16(24-10-20)11-4-2-1-3-5-11/h1-8,10,15-16,21H,9H2. The summed E-state index contributed by atoms with van der Waals surface area (Å²) in [5.41, 5.74) is 1.40. The highest BCUT2D eigenvalue weighted by Crippen LogP contribution is 2.37. The van der Waals surface area contributed by atoms with Gasteiger partial charge in [-0.05, 0) is 40.3 Å². The lowest BCUT2D eigenvalue weighted by atomic mass is 10.0. The lowest BCUT2D eigenvalue weighted by Crippen LogP contribution is -2.32. The first kappa shape index (κ1) is 16.7. The lowest BCUT2D eigenvalue weighted by Gasteiger charge is -2.28. The number of cyclic esters (lactones) is 1. The molecule has 24 heavy (non-hydrogen) atoms. The number of aromatic hydroxyl groups is 1. The summed E-state index contributed by atoms with van der Waals surface area (Å²) in [5, 5.41) is 9.68. The van der Waals surface area contributed by atoms with E-state index in [1.807, 2.05) is 52.9 Å². The van der Waals surface area contributed by atoms with Crippen LogP contribution < -0.4 is 0 Å². The molecule has 1 aliphatic rings. The van der Waals surface area contributed by atoms with Gasteiger partial charge in [-0.15, -0.1) is 0 Å². The number of phenols is 1. The van der Waals surface area contributed by atoms with E-state index in [1.54, 1.807) is 17.0 Å². The van der Waals surface area contributed by atoms with Gasteiger partial charge in [-0.3, -0.25) is 4.79 Å². The van der Waals surface area contributed by atoms with Gasteiger partial charge in [0.25, 0.3) is 6.47 Å². The van der Waals surface area contributed by atoms with Gasteiger partial charge in [-0.1, -0.05) is 36.4 Å². The van der Waals surface area contributed by atoms with Crippen molar-refractivity contribution in [1.29, 1.82) is 0 Å². The van der Waals surface area contributed by atoms with Crippen molar-refractivity contribution in [1.82, 2.24) is 4.90 Å². The largest absolute Gasteiger partial charge is 0.507 e. The van der Waals surface area contributed by atoms with Crippen molar-refractivity contribution < 1.29 is 24.2 Å². The van der Waals surface area contributed by atoms with Crippen LogP contribution in [0.2, 0.25) is 0 Å². The quantitative estimate of drug-likeness (QED) is 0.439. The van der Waals surface area contributed by atoms with Crippen LogP contribution in [0.5, 0.6) is 5.75 Å². The first-order chi connectivity index (χ1) is 11.6. The fraction of sp³-hybridized carbons (Fsp3) is 0.176. The van der Waals surface area contributed by atoms with Crippen molar-refractivity contribution in [2.24, 2.45) is 0 Å². The number of hydrogen-bond acceptors (Lipinski definition) is 6. The van der Waals surface area contributed by atoms with Crippen LogP contribution >= 0.6 is 22.6 Å². The molecule has 0 aliphatic carbocycles. The van der Waals surface area contributed by atoms with Crippen LogP contribution in [-0.2, 0) is 19.1 Å². The molecular weight excluding hydrogens is 425 g/mol. The van der Waals surface area contributed by atoms with E-state index < -0.39 is 18.2 Å². The number of ether oxygens (including phenoxy) is 2. The Morgan fingerprint density at radius 3 is 2.71 bits per heavy atom. The van der Waals surface area contributed by atoms with Gasteiger partial charge in [-0.25, -0.2) is 9.69 Å². The Kier molecular flexibility index (Phi) is 5.00. The molecule has 0 spiro atoms. The van der Waals surface area contributed by atoms with Gasteiger partial charge in [0.05, 0.1) is 3.57 Å². The number of nitrogens with zero attached hydrogens (tertiary/aromatic N) is 1. The molecule has 0 aromatic heterocycles. The van der Waals surface area contributed by atoms with Crippen molar-refractivity contribution in [3.05, 3.63) is 63.2 Å². The van der Waals surface area contributed by atoms with Crippen LogP contribution in [0.1, 0.15) is 23.4 Å². The van der Waals surface area contributed by atoms with E-state index in [0.717, 1.165) is 5.56 Å². The molecule has 2 unspecified atom stereocenters. The molecule has 1 heterocycles. The highest BCUT2D eigenvalue weighted by atomic mass is 127. The zero-order valence-corrected chi connectivity index (χ0v) is 14.6. The van der Waals surface area contributed by atoms with Gasteiger partial charge in [-0.2, -0.15) is 0 Å². The summed E-state index contributed by atoms with van der Waals surface area (Å²) < 4.78 is 11.0. The molecule has 0 bridgehead atoms. The van der Waals surface area contributed by atoms with E-state index in [-0.39, 0.29) is 12.5 Å². The molecule has 2 atom stereocenters. The van der Waals surface area contributed by atoms with Crippen molar-refractivity contribution in [2.45, 2.75) is 12.3 Å². The van der Waals surface area contributed by atoms with Gasteiger partial charge < -0.3 is 14.6 Å². The average molecular weight is 439 g/mol. The highest BCUT2D eigenvalue weighted by molar-refractivity contribution is 14.1. The van der Waals surface area contributed by atoms with Crippen LogP contribution in [0, 0.1) is 3.57 Å². The minimum Gasteiger partial charge on any atom is -0.507 e. The summed E-state index contributed by atoms with van der Waals surface area (Å²) >= 11 is 1.99. The maximum Gasteiger partial charge on any atom is 0.329 e. The van der Waals surface area contributed by atoms with E-state index in [1.165, 1.54) is 6.07 Å². The second-order valence-corrected chi connectivity index (χ2v) is 6.38. The van der Waals surface area contributed by atoms with Gasteiger partial charge in [0, 0.05) is 5.56 Å². The Morgan fingerprint density at radius 2 is 2.04 bits per heavy atom. The van der Waals surface area contributed by atoms with Crippen LogP contribution in [-0.4, -0.2) is 29.2 Å². The molecular formula is C17H14INO5. The number of esters is 1. The van der Waals surface area contributed by atoms with E-state index in [9.17, 15) is 14.7 Å². The highest BCUT2D eigenvalue weighted by Gasteiger charge is 2.41. The molecule has 2 aromatic carbocycles. The van der Waals surface area contributed by atoms with Gasteiger partial charge >= 0.3 is 5.97 Å². The van der Waals surface area contributed by atoms with E-state index >= 15 is 0 Å². The van der Waals surface area contributed by atoms with E-state index in [4.69, 9.17) is 9.47 Å². The molecule has 1 fully saturated rings. The second-order valence-electron chi connectivity index (χ2n) is 5.22. The molecule has 1 aliphatic heterocycles. The van der Waals surface area contributed by atoms with Crippen LogP contribution in [0.3, 0.4) is 0 Å². The van der Waals surface area contributed by atoms with Gasteiger partial charge in [0.1, 0.15) is 18.5 Å². The van der Waals surface area contributed by atoms with Crippen molar-refractivity contribution >= 4 is 35.0 Å². The van der Waals surface area contributed by atoms with E-state index in [0.29, 0.717) is 15.6 Å². The Bertz CT molecular complexity index is 752. The lowest BCUT2D eigenvalue weighted by molar-refractivity contribution is -0.147. The predicted molar refractivity (Wildman–Crippen MR) is 92.7 cm³/mol. The number of halogens is 1. The molecule has 2 aromatic rings. The predicted octanol–water partition coefficient (Wildman–Crippen LogP) is 2.73. The van der Waals surface area contributed by atoms with Crippen molar-refractivity contribution in [3.8, 4) is 5.75 Å². The molecule has 124 valence electrons. The van der Waals surface area contributed by atoms with Crippen LogP contribution in [0.15, 0.2) is 48.5 Å². The summed E-state index contributed by atoms with van der Waals surface area (Å²) in [5.74, 6) is -0.284. The van der Waals surface area contributed by atoms with Crippen LogP contribution in [0.4, 0.5) is 0 Å². The number of carbonyl (C=O) groups excluding carboxylic acids is 2. The third kappa shape index (κ3) is 3.22. The summed E-state index contributed by atoms with van der Waals surface area (Å²) in [6.45, 7) is 0.368. The Labute approximate surface area is 152 Å². The number of benzene rings is 2. The van der Waals surface area contributed by atoms with Crippen molar-refractivity contribution in [2.75, 3.05) is 6.73 Å². The molecule has 1 N–H and O–H groups in total. The zero-order chi connectivity index (χ0) is 17.1. The first-order valence-electron chi connectivity index (χ1n) is 7.16. The summed E-state index contributed by atoms with van der Waals surface area (Å²) in [4.78, 5) is 24.9. The first-order valence-corrected chi connectivity index (χ1v) is 8.24. The molecule has 7 heteroatoms. The maximum absolute atomic E-state index is 12.2. The molecule has 0 radical (unpaired) electrons. The third-order valence-corrected chi connectivity index (χ3v) is 4.63. The third-order valence-electron chi connectivity index (χ3n) is 3.77. The average Bonchev–Trinajstić information content (AvgIpc) is 2.97. The SMILES string of the molecule is O=COC(c1ccccc1)N1COC(=O)C1c1ccc(O)c(I)c1. The topological polar surface area (TPSA) is 76.1 Å². The minimum absolute atomic E-state index is 0.00829. The normalized spacial score (nSPS) is 18.9. The Morgan fingerprint density at radius 1 is 1.29 bits per heavy atom. The molecule has 6 nitrogen and oxygen atoms in total. The fourth-order valence-electron chi connectivity index (χ4n) is 2.67. The smallest absolute Gasteiger partial charge is 0.329 e. The number of rotatable bonds is 5. The van der Waals surface area contributed by atoms with Gasteiger partial charge in [0.15, 0.2) is 6.23 Å². The maximum atomic E-state index is 12.2. The zero-order valence-electron chi connectivity index (χ0n) is 12.5. The molecule has 0 saturated carbocycles. The number of carbonyl (C=O) groups is 2. The summed E-state index contributed by atoms with van der Waals surface area (Å²) in [6, 6.07) is 13.3. The molecule has 3 rings (SSSR count). The van der Waals surface area contributed by atoms with Crippen LogP contribution in [0.25, 0.3) is 0 Å². The molecule has 0 amide bonds. The number of hydrogen-bond donors (Lipinski definition) is 1. The van der Waals surface area contributed by atoms with Crippen molar-refractivity contribution in [3.63, 3.8) is 0 Å². The number of phenolic OH excluding ortho intramolecular Hbond substituents is 1. The Hall–Kier alpha value is -2.13. The minimum atomic E-state index is -0.744. The fourth-order valence-corrected chi connectivity index (χ4v) is 3.21. The molecule has 1 saturated heterocycles.